The Morgan fingerprint density at radius 2 is 2.12 bits per heavy atom. The first-order chi connectivity index (χ1) is 7.47. The monoisotopic (exact) mass is 288 g/mol. The van der Waals surface area contributed by atoms with E-state index < -0.39 is 18.0 Å². The van der Waals surface area contributed by atoms with E-state index in [4.69, 9.17) is 9.84 Å². The van der Waals surface area contributed by atoms with Crippen molar-refractivity contribution in [2.45, 2.75) is 13.0 Å². The SMILES string of the molecule is COc1ccc(C(O)C(C)C(=O)O)cc1Br. The molecule has 0 spiro atoms. The Balaban J connectivity index is 2.97. The largest absolute Gasteiger partial charge is 0.496 e. The van der Waals surface area contributed by atoms with Gasteiger partial charge in [0.2, 0.25) is 0 Å². The smallest absolute Gasteiger partial charge is 0.309 e. The molecule has 0 saturated carbocycles. The fraction of sp³-hybridized carbons (Fsp3) is 0.364. The highest BCUT2D eigenvalue weighted by Gasteiger charge is 2.23. The summed E-state index contributed by atoms with van der Waals surface area (Å²) in [5, 5.41) is 18.6. The molecule has 0 aliphatic heterocycles. The molecule has 2 unspecified atom stereocenters. The predicted molar refractivity (Wildman–Crippen MR) is 62.5 cm³/mol. The molecule has 5 heteroatoms. The molecule has 0 amide bonds. The molecule has 1 aromatic rings. The summed E-state index contributed by atoms with van der Waals surface area (Å²) in [7, 11) is 1.54. The molecule has 88 valence electrons. The molecule has 0 heterocycles. The van der Waals surface area contributed by atoms with Crippen LogP contribution in [0.15, 0.2) is 22.7 Å². The van der Waals surface area contributed by atoms with E-state index in [1.54, 1.807) is 18.2 Å². The number of aliphatic hydroxyl groups excluding tert-OH is 1. The molecule has 0 saturated heterocycles. The number of aliphatic carboxylic acids is 1. The minimum atomic E-state index is -1.03. The molecule has 4 nitrogen and oxygen atoms in total. The highest BCUT2D eigenvalue weighted by molar-refractivity contribution is 9.10. The zero-order valence-electron chi connectivity index (χ0n) is 8.98. The second-order valence-corrected chi connectivity index (χ2v) is 4.32. The Morgan fingerprint density at radius 3 is 2.56 bits per heavy atom. The van der Waals surface area contributed by atoms with Gasteiger partial charge >= 0.3 is 5.97 Å². The Morgan fingerprint density at radius 1 is 1.50 bits per heavy atom. The summed E-state index contributed by atoms with van der Waals surface area (Å²) in [6.45, 7) is 1.46. The third-order valence-corrected chi connectivity index (χ3v) is 3.00. The van der Waals surface area contributed by atoms with E-state index >= 15 is 0 Å². The fourth-order valence-corrected chi connectivity index (χ4v) is 1.85. The summed E-state index contributed by atoms with van der Waals surface area (Å²) in [6.07, 6.45) is -1.03. The molecular formula is C11H13BrO4. The lowest BCUT2D eigenvalue weighted by Crippen LogP contribution is -2.18. The van der Waals surface area contributed by atoms with Gasteiger partial charge in [-0.05, 0) is 40.5 Å². The highest BCUT2D eigenvalue weighted by Crippen LogP contribution is 2.30. The molecule has 0 aliphatic rings. The van der Waals surface area contributed by atoms with Gasteiger partial charge in [-0.15, -0.1) is 0 Å². The Labute approximate surface area is 102 Å². The number of ether oxygens (including phenoxy) is 1. The zero-order chi connectivity index (χ0) is 12.3. The Hall–Kier alpha value is -1.07. The van der Waals surface area contributed by atoms with Crippen molar-refractivity contribution in [2.24, 2.45) is 5.92 Å². The first-order valence-electron chi connectivity index (χ1n) is 4.71. The summed E-state index contributed by atoms with van der Waals surface area (Å²) in [6, 6.07) is 4.98. The van der Waals surface area contributed by atoms with Crippen molar-refractivity contribution < 1.29 is 19.7 Å². The van der Waals surface area contributed by atoms with Gasteiger partial charge < -0.3 is 14.9 Å². The van der Waals surface area contributed by atoms with Crippen LogP contribution >= 0.6 is 15.9 Å². The van der Waals surface area contributed by atoms with Gasteiger partial charge in [0.25, 0.3) is 0 Å². The van der Waals surface area contributed by atoms with E-state index in [1.165, 1.54) is 14.0 Å². The number of halogens is 1. The van der Waals surface area contributed by atoms with Crippen molar-refractivity contribution in [3.8, 4) is 5.75 Å². The number of carbonyl (C=O) groups is 1. The number of hydrogen-bond donors (Lipinski definition) is 2. The molecule has 0 radical (unpaired) electrons. The van der Waals surface area contributed by atoms with E-state index in [0.717, 1.165) is 0 Å². The summed E-state index contributed by atoms with van der Waals surface area (Å²) in [5.74, 6) is -1.24. The highest BCUT2D eigenvalue weighted by atomic mass is 79.9. The average molecular weight is 289 g/mol. The molecule has 1 rings (SSSR count). The molecular weight excluding hydrogens is 276 g/mol. The number of aliphatic hydroxyl groups is 1. The van der Waals surface area contributed by atoms with Crippen LogP contribution in [0.5, 0.6) is 5.75 Å². The van der Waals surface area contributed by atoms with Crippen molar-refractivity contribution in [3.63, 3.8) is 0 Å². The van der Waals surface area contributed by atoms with Crippen LogP contribution < -0.4 is 4.74 Å². The number of benzene rings is 1. The normalized spacial score (nSPS) is 14.2. The minimum absolute atomic E-state index is 0.544. The fourth-order valence-electron chi connectivity index (χ4n) is 1.29. The summed E-state index contributed by atoms with van der Waals surface area (Å²) < 4.78 is 5.73. The van der Waals surface area contributed by atoms with Crippen molar-refractivity contribution >= 4 is 21.9 Å². The topological polar surface area (TPSA) is 66.8 Å². The summed E-state index contributed by atoms with van der Waals surface area (Å²) in [4.78, 5) is 10.7. The second-order valence-electron chi connectivity index (χ2n) is 3.47. The van der Waals surface area contributed by atoms with Crippen LogP contribution in [0.4, 0.5) is 0 Å². The molecule has 2 atom stereocenters. The Bertz CT molecular complexity index is 392. The molecule has 2 N–H and O–H groups in total. The number of methoxy groups -OCH3 is 1. The van der Waals surface area contributed by atoms with Crippen molar-refractivity contribution in [2.75, 3.05) is 7.11 Å². The summed E-state index contributed by atoms with van der Waals surface area (Å²) in [5.41, 5.74) is 0.544. The van der Waals surface area contributed by atoms with Gasteiger partial charge in [0.05, 0.1) is 23.6 Å². The zero-order valence-corrected chi connectivity index (χ0v) is 10.6. The maximum Gasteiger partial charge on any atom is 0.309 e. The number of hydrogen-bond acceptors (Lipinski definition) is 3. The lowest BCUT2D eigenvalue weighted by atomic mass is 9.98. The first kappa shape index (κ1) is 13.0. The third-order valence-electron chi connectivity index (χ3n) is 2.38. The van der Waals surface area contributed by atoms with Crippen LogP contribution in [0, 0.1) is 5.92 Å². The van der Waals surface area contributed by atoms with Crippen LogP contribution in [0.25, 0.3) is 0 Å². The van der Waals surface area contributed by atoms with Gasteiger partial charge in [0.1, 0.15) is 5.75 Å². The van der Waals surface area contributed by atoms with E-state index in [0.29, 0.717) is 15.8 Å². The maximum absolute atomic E-state index is 10.7. The van der Waals surface area contributed by atoms with Gasteiger partial charge in [-0.25, -0.2) is 0 Å². The molecule has 0 aliphatic carbocycles. The maximum atomic E-state index is 10.7. The predicted octanol–water partition coefficient (Wildman–Crippen LogP) is 2.21. The van der Waals surface area contributed by atoms with Crippen LogP contribution in [0.1, 0.15) is 18.6 Å². The van der Waals surface area contributed by atoms with Gasteiger partial charge in [-0.2, -0.15) is 0 Å². The quantitative estimate of drug-likeness (QED) is 0.891. The van der Waals surface area contributed by atoms with Gasteiger partial charge in [-0.1, -0.05) is 6.07 Å². The molecule has 0 bridgehead atoms. The van der Waals surface area contributed by atoms with Crippen LogP contribution in [-0.2, 0) is 4.79 Å². The van der Waals surface area contributed by atoms with Crippen LogP contribution in [0.2, 0.25) is 0 Å². The van der Waals surface area contributed by atoms with E-state index in [1.807, 2.05) is 0 Å². The molecule has 0 aromatic heterocycles. The summed E-state index contributed by atoms with van der Waals surface area (Å²) >= 11 is 3.28. The molecule has 1 aromatic carbocycles. The number of carboxylic acids is 1. The molecule has 0 fully saturated rings. The van der Waals surface area contributed by atoms with Gasteiger partial charge in [0.15, 0.2) is 0 Å². The van der Waals surface area contributed by atoms with Crippen molar-refractivity contribution in [3.05, 3.63) is 28.2 Å². The first-order valence-corrected chi connectivity index (χ1v) is 5.51. The minimum Gasteiger partial charge on any atom is -0.496 e. The lowest BCUT2D eigenvalue weighted by molar-refractivity contribution is -0.145. The number of rotatable bonds is 4. The average Bonchev–Trinajstić information content (AvgIpc) is 2.26. The third kappa shape index (κ3) is 2.74. The number of carboxylic acid groups (broad SMARTS) is 1. The van der Waals surface area contributed by atoms with Crippen molar-refractivity contribution in [1.82, 2.24) is 0 Å². The van der Waals surface area contributed by atoms with Crippen LogP contribution in [0.3, 0.4) is 0 Å². The Kier molecular flexibility index (Phi) is 4.32. The van der Waals surface area contributed by atoms with E-state index in [2.05, 4.69) is 15.9 Å². The van der Waals surface area contributed by atoms with Gasteiger partial charge in [0, 0.05) is 0 Å². The second kappa shape index (κ2) is 5.32. The van der Waals surface area contributed by atoms with Crippen molar-refractivity contribution in [1.29, 1.82) is 0 Å². The molecule has 16 heavy (non-hydrogen) atoms. The van der Waals surface area contributed by atoms with Crippen LogP contribution in [-0.4, -0.2) is 23.3 Å². The van der Waals surface area contributed by atoms with E-state index in [9.17, 15) is 9.90 Å². The van der Waals surface area contributed by atoms with Gasteiger partial charge in [-0.3, -0.25) is 4.79 Å². The van der Waals surface area contributed by atoms with E-state index in [-0.39, 0.29) is 0 Å². The lowest BCUT2D eigenvalue weighted by Gasteiger charge is -2.16. The standard InChI is InChI=1S/C11H13BrO4/c1-6(11(14)15)10(13)7-3-4-9(16-2)8(12)5-7/h3-6,10,13H,1-2H3,(H,14,15).